The summed E-state index contributed by atoms with van der Waals surface area (Å²) in [6.45, 7) is 0. The lowest BCUT2D eigenvalue weighted by molar-refractivity contribution is 0.365. The van der Waals surface area contributed by atoms with Gasteiger partial charge in [0.05, 0.1) is 0 Å². The lowest BCUT2D eigenvalue weighted by atomic mass is 9.90. The van der Waals surface area contributed by atoms with Crippen molar-refractivity contribution in [2.45, 2.75) is 30.0 Å². The van der Waals surface area contributed by atoms with Gasteiger partial charge in [0.15, 0.2) is 4.34 Å². The van der Waals surface area contributed by atoms with Crippen LogP contribution in [-0.2, 0) is 0 Å². The fourth-order valence-electron chi connectivity index (χ4n) is 3.04. The molecule has 0 saturated heterocycles. The van der Waals surface area contributed by atoms with Crippen molar-refractivity contribution in [1.29, 1.82) is 0 Å². The molecule has 0 aliphatic heterocycles. The van der Waals surface area contributed by atoms with Crippen molar-refractivity contribution in [3.05, 3.63) is 0 Å². The Labute approximate surface area is 97.9 Å². The minimum atomic E-state index is 0.588. The molecule has 0 spiro atoms. The van der Waals surface area contributed by atoms with Gasteiger partial charge in [0.25, 0.3) is 0 Å². The molecule has 2 fully saturated rings. The van der Waals surface area contributed by atoms with Crippen molar-refractivity contribution in [1.82, 2.24) is 10.2 Å². The number of hydrogen-bond acceptors (Lipinski definition) is 5. The molecule has 2 aliphatic carbocycles. The first kappa shape index (κ1) is 9.90. The fraction of sp³-hybridized carbons (Fsp3) is 0.800. The minimum Gasteiger partial charge on any atom is -0.374 e. The number of anilines is 1. The molecule has 0 aromatic carbocycles. The highest BCUT2D eigenvalue weighted by molar-refractivity contribution is 8.01. The van der Waals surface area contributed by atoms with Crippen LogP contribution in [0.1, 0.15) is 25.7 Å². The highest BCUT2D eigenvalue weighted by Gasteiger charge is 2.39. The molecular formula is C10H15N3S2. The van der Waals surface area contributed by atoms with Gasteiger partial charge in [-0.2, -0.15) is 0 Å². The molecule has 3 unspecified atom stereocenters. The summed E-state index contributed by atoms with van der Waals surface area (Å²) in [6.07, 6.45) is 5.89. The summed E-state index contributed by atoms with van der Waals surface area (Å²) in [7, 11) is 0. The Morgan fingerprint density at radius 2 is 2.27 bits per heavy atom. The third-order valence-corrected chi connectivity index (χ3v) is 5.80. The molecule has 1 aromatic rings. The van der Waals surface area contributed by atoms with E-state index in [1.54, 1.807) is 0 Å². The van der Waals surface area contributed by atoms with E-state index in [0.29, 0.717) is 5.13 Å². The highest BCUT2D eigenvalue weighted by Crippen LogP contribution is 2.49. The van der Waals surface area contributed by atoms with Crippen molar-refractivity contribution in [2.75, 3.05) is 11.5 Å². The number of rotatable bonds is 3. The molecular weight excluding hydrogens is 226 g/mol. The lowest BCUT2D eigenvalue weighted by Gasteiger charge is -2.20. The summed E-state index contributed by atoms with van der Waals surface area (Å²) in [5.74, 6) is 4.20. The Morgan fingerprint density at radius 1 is 1.33 bits per heavy atom. The first-order valence-corrected chi connectivity index (χ1v) is 7.33. The Hall–Kier alpha value is -0.290. The standard InChI is InChI=1S/C10H15N3S2/c11-9-12-13-10(15-9)14-5-8-4-6-1-2-7(8)3-6/h6-8H,1-5H2,(H2,11,12). The van der Waals surface area contributed by atoms with Crippen molar-refractivity contribution in [3.8, 4) is 0 Å². The molecule has 3 nitrogen and oxygen atoms in total. The lowest BCUT2D eigenvalue weighted by Crippen LogP contribution is -2.12. The van der Waals surface area contributed by atoms with Gasteiger partial charge in [0, 0.05) is 5.75 Å². The molecule has 0 radical (unpaired) electrons. The molecule has 15 heavy (non-hydrogen) atoms. The van der Waals surface area contributed by atoms with Gasteiger partial charge in [-0.05, 0) is 37.0 Å². The fourth-order valence-corrected chi connectivity index (χ4v) is 4.94. The van der Waals surface area contributed by atoms with Crippen LogP contribution in [0.25, 0.3) is 0 Å². The molecule has 1 heterocycles. The molecule has 0 amide bonds. The second-order valence-corrected chi connectivity index (χ2v) is 6.93. The molecule has 2 N–H and O–H groups in total. The van der Waals surface area contributed by atoms with E-state index in [-0.39, 0.29) is 0 Å². The van der Waals surface area contributed by atoms with E-state index >= 15 is 0 Å². The quantitative estimate of drug-likeness (QED) is 0.827. The number of nitrogen functional groups attached to an aromatic ring is 1. The zero-order chi connectivity index (χ0) is 10.3. The predicted molar refractivity (Wildman–Crippen MR) is 64.0 cm³/mol. The zero-order valence-corrected chi connectivity index (χ0v) is 10.2. The maximum absolute atomic E-state index is 5.55. The average molecular weight is 241 g/mol. The largest absolute Gasteiger partial charge is 0.374 e. The van der Waals surface area contributed by atoms with Gasteiger partial charge in [-0.25, -0.2) is 0 Å². The van der Waals surface area contributed by atoms with Crippen molar-refractivity contribution in [2.24, 2.45) is 17.8 Å². The Morgan fingerprint density at radius 3 is 2.87 bits per heavy atom. The molecule has 3 rings (SSSR count). The Balaban J connectivity index is 1.54. The van der Waals surface area contributed by atoms with E-state index in [1.165, 1.54) is 42.8 Å². The minimum absolute atomic E-state index is 0.588. The van der Waals surface area contributed by atoms with Crippen LogP contribution in [0, 0.1) is 17.8 Å². The topological polar surface area (TPSA) is 51.8 Å². The molecule has 1 aromatic heterocycles. The van der Waals surface area contributed by atoms with Crippen LogP contribution in [0.5, 0.6) is 0 Å². The van der Waals surface area contributed by atoms with E-state index < -0.39 is 0 Å². The summed E-state index contributed by atoms with van der Waals surface area (Å²) >= 11 is 3.35. The van der Waals surface area contributed by atoms with E-state index in [9.17, 15) is 0 Å². The van der Waals surface area contributed by atoms with Crippen LogP contribution in [0.4, 0.5) is 5.13 Å². The summed E-state index contributed by atoms with van der Waals surface area (Å²) in [6, 6.07) is 0. The van der Waals surface area contributed by atoms with Crippen LogP contribution >= 0.6 is 23.1 Å². The zero-order valence-electron chi connectivity index (χ0n) is 8.56. The van der Waals surface area contributed by atoms with Crippen molar-refractivity contribution < 1.29 is 0 Å². The SMILES string of the molecule is Nc1nnc(SCC2CC3CCC2C3)s1. The monoisotopic (exact) mass is 241 g/mol. The molecule has 5 heteroatoms. The third kappa shape index (κ3) is 1.99. The molecule has 82 valence electrons. The molecule has 2 bridgehead atoms. The normalized spacial score (nSPS) is 33.7. The van der Waals surface area contributed by atoms with Crippen LogP contribution in [0.15, 0.2) is 4.34 Å². The van der Waals surface area contributed by atoms with E-state index in [0.717, 1.165) is 22.1 Å². The first-order valence-electron chi connectivity index (χ1n) is 5.53. The first-order chi connectivity index (χ1) is 7.31. The number of thioether (sulfide) groups is 1. The summed E-state index contributed by atoms with van der Waals surface area (Å²) in [5.41, 5.74) is 5.55. The number of nitrogens with two attached hydrogens (primary N) is 1. The van der Waals surface area contributed by atoms with Gasteiger partial charge in [-0.15, -0.1) is 10.2 Å². The van der Waals surface area contributed by atoms with E-state index in [4.69, 9.17) is 5.73 Å². The number of hydrogen-bond donors (Lipinski definition) is 1. The second kappa shape index (κ2) is 3.94. The van der Waals surface area contributed by atoms with Gasteiger partial charge in [0.1, 0.15) is 0 Å². The molecule has 2 aliphatic rings. The summed E-state index contributed by atoms with van der Waals surface area (Å²) in [5, 5.41) is 8.47. The number of fused-ring (bicyclic) bond motifs is 2. The summed E-state index contributed by atoms with van der Waals surface area (Å²) < 4.78 is 1.04. The van der Waals surface area contributed by atoms with Gasteiger partial charge >= 0.3 is 0 Å². The highest BCUT2D eigenvalue weighted by atomic mass is 32.2. The average Bonchev–Trinajstić information content (AvgIpc) is 2.90. The van der Waals surface area contributed by atoms with Gasteiger partial charge in [-0.1, -0.05) is 29.5 Å². The van der Waals surface area contributed by atoms with Crippen LogP contribution in [0.3, 0.4) is 0 Å². The van der Waals surface area contributed by atoms with Gasteiger partial charge < -0.3 is 5.73 Å². The summed E-state index contributed by atoms with van der Waals surface area (Å²) in [4.78, 5) is 0. The van der Waals surface area contributed by atoms with Gasteiger partial charge in [-0.3, -0.25) is 0 Å². The maximum atomic E-state index is 5.55. The Kier molecular flexibility index (Phi) is 2.60. The van der Waals surface area contributed by atoms with Crippen molar-refractivity contribution >= 4 is 28.2 Å². The third-order valence-electron chi connectivity index (χ3n) is 3.73. The second-order valence-electron chi connectivity index (χ2n) is 4.65. The van der Waals surface area contributed by atoms with Gasteiger partial charge in [0.2, 0.25) is 5.13 Å². The van der Waals surface area contributed by atoms with Crippen LogP contribution < -0.4 is 5.73 Å². The molecule has 3 atom stereocenters. The van der Waals surface area contributed by atoms with Crippen LogP contribution in [0.2, 0.25) is 0 Å². The number of nitrogens with zero attached hydrogens (tertiary/aromatic N) is 2. The molecule has 2 saturated carbocycles. The van der Waals surface area contributed by atoms with E-state index in [1.807, 2.05) is 11.8 Å². The van der Waals surface area contributed by atoms with Crippen LogP contribution in [-0.4, -0.2) is 16.0 Å². The predicted octanol–water partition coefficient (Wildman–Crippen LogP) is 2.65. The van der Waals surface area contributed by atoms with E-state index in [2.05, 4.69) is 10.2 Å². The maximum Gasteiger partial charge on any atom is 0.203 e. The Bertz CT molecular complexity index is 352. The smallest absolute Gasteiger partial charge is 0.203 e. The van der Waals surface area contributed by atoms with Crippen molar-refractivity contribution in [3.63, 3.8) is 0 Å². The number of aromatic nitrogens is 2.